The van der Waals surface area contributed by atoms with Gasteiger partial charge >= 0.3 is 0 Å². The van der Waals surface area contributed by atoms with E-state index in [1.165, 1.54) is 19.2 Å². The molecule has 0 atom stereocenters. The number of benzene rings is 3. The van der Waals surface area contributed by atoms with E-state index in [1.54, 1.807) is 49.6 Å². The largest absolute Gasteiger partial charge is 0.497 e. The van der Waals surface area contributed by atoms with E-state index in [-0.39, 0.29) is 4.90 Å². The molecule has 1 N–H and O–H groups in total. The van der Waals surface area contributed by atoms with Gasteiger partial charge in [0.2, 0.25) is 0 Å². The Morgan fingerprint density at radius 3 is 1.93 bits per heavy atom. The van der Waals surface area contributed by atoms with Gasteiger partial charge in [0.05, 0.1) is 24.8 Å². The molecule has 0 spiro atoms. The number of anilines is 1. The Labute approximate surface area is 163 Å². The van der Waals surface area contributed by atoms with Crippen LogP contribution in [0.3, 0.4) is 0 Å². The fourth-order valence-corrected chi connectivity index (χ4v) is 3.83. The van der Waals surface area contributed by atoms with Crippen LogP contribution in [0.25, 0.3) is 11.1 Å². The number of ether oxygens (including phenoxy) is 2. The Morgan fingerprint density at radius 1 is 0.815 bits per heavy atom. The van der Waals surface area contributed by atoms with E-state index in [1.807, 2.05) is 12.1 Å². The molecule has 0 aromatic heterocycles. The van der Waals surface area contributed by atoms with Gasteiger partial charge < -0.3 is 9.47 Å². The van der Waals surface area contributed by atoms with Gasteiger partial charge in [-0.15, -0.1) is 0 Å². The molecule has 0 saturated heterocycles. The molecule has 0 heterocycles. The van der Waals surface area contributed by atoms with Gasteiger partial charge in [-0.3, -0.25) is 4.72 Å². The van der Waals surface area contributed by atoms with Crippen LogP contribution in [0.2, 0.25) is 5.02 Å². The quantitative estimate of drug-likeness (QED) is 0.640. The van der Waals surface area contributed by atoms with Crippen molar-refractivity contribution >= 4 is 27.3 Å². The standard InChI is InChI=1S/C20H18ClNO4S/c1-25-16-6-3-14(4-7-16)19-13-15(21)5-12-20(19)22-27(23,24)18-10-8-17(26-2)9-11-18/h3-13,22H,1-2H3. The summed E-state index contributed by atoms with van der Waals surface area (Å²) in [4.78, 5) is 0.138. The highest BCUT2D eigenvalue weighted by Crippen LogP contribution is 2.33. The van der Waals surface area contributed by atoms with Crippen molar-refractivity contribution in [1.29, 1.82) is 0 Å². The molecular formula is C20H18ClNO4S. The number of hydrogen-bond donors (Lipinski definition) is 1. The zero-order chi connectivity index (χ0) is 19.4. The van der Waals surface area contributed by atoms with Crippen LogP contribution in [0, 0.1) is 0 Å². The van der Waals surface area contributed by atoms with Gasteiger partial charge in [0.1, 0.15) is 11.5 Å². The smallest absolute Gasteiger partial charge is 0.261 e. The Bertz CT molecular complexity index is 1030. The molecule has 0 bridgehead atoms. The topological polar surface area (TPSA) is 64.6 Å². The monoisotopic (exact) mass is 403 g/mol. The van der Waals surface area contributed by atoms with Crippen LogP contribution in [0.5, 0.6) is 11.5 Å². The van der Waals surface area contributed by atoms with Crippen molar-refractivity contribution in [2.45, 2.75) is 4.90 Å². The zero-order valence-electron chi connectivity index (χ0n) is 14.8. The molecule has 0 aliphatic rings. The molecular weight excluding hydrogens is 386 g/mol. The first-order valence-corrected chi connectivity index (χ1v) is 9.90. The van der Waals surface area contributed by atoms with E-state index < -0.39 is 10.0 Å². The summed E-state index contributed by atoms with van der Waals surface area (Å²) in [5.74, 6) is 1.29. The second-order valence-corrected chi connectivity index (χ2v) is 7.82. The fraction of sp³-hybridized carbons (Fsp3) is 0.100. The molecule has 3 aromatic rings. The Kier molecular flexibility index (Phi) is 5.58. The molecule has 5 nitrogen and oxygen atoms in total. The Morgan fingerprint density at radius 2 is 1.37 bits per heavy atom. The van der Waals surface area contributed by atoms with Gasteiger partial charge in [0.25, 0.3) is 10.0 Å². The highest BCUT2D eigenvalue weighted by atomic mass is 35.5. The number of methoxy groups -OCH3 is 2. The van der Waals surface area contributed by atoms with Crippen LogP contribution in [0.4, 0.5) is 5.69 Å². The van der Waals surface area contributed by atoms with E-state index in [0.717, 1.165) is 5.56 Å². The Balaban J connectivity index is 1.98. The molecule has 0 radical (unpaired) electrons. The lowest BCUT2D eigenvalue weighted by Crippen LogP contribution is -2.13. The first kappa shape index (κ1) is 19.1. The molecule has 7 heteroatoms. The summed E-state index contributed by atoms with van der Waals surface area (Å²) in [5, 5.41) is 0.508. The van der Waals surface area contributed by atoms with Crippen LogP contribution in [0.1, 0.15) is 0 Å². The molecule has 27 heavy (non-hydrogen) atoms. The molecule has 0 aliphatic heterocycles. The zero-order valence-corrected chi connectivity index (χ0v) is 16.3. The normalized spacial score (nSPS) is 11.1. The van der Waals surface area contributed by atoms with Gasteiger partial charge in [-0.05, 0) is 60.2 Å². The highest BCUT2D eigenvalue weighted by molar-refractivity contribution is 7.92. The lowest BCUT2D eigenvalue weighted by atomic mass is 10.0. The summed E-state index contributed by atoms with van der Waals surface area (Å²) in [5.41, 5.74) is 1.91. The van der Waals surface area contributed by atoms with Crippen molar-refractivity contribution in [3.8, 4) is 22.6 Å². The van der Waals surface area contributed by atoms with Crippen LogP contribution in [0.15, 0.2) is 71.6 Å². The summed E-state index contributed by atoms with van der Waals surface area (Å²) in [7, 11) is -0.657. The minimum absolute atomic E-state index is 0.138. The van der Waals surface area contributed by atoms with Gasteiger partial charge in [-0.25, -0.2) is 8.42 Å². The second-order valence-electron chi connectivity index (χ2n) is 5.70. The van der Waals surface area contributed by atoms with Crippen molar-refractivity contribution in [3.05, 3.63) is 71.8 Å². The number of nitrogens with one attached hydrogen (secondary N) is 1. The van der Waals surface area contributed by atoms with E-state index in [2.05, 4.69) is 4.72 Å². The molecule has 3 aromatic carbocycles. The summed E-state index contributed by atoms with van der Waals surface area (Å²) in [6.07, 6.45) is 0. The average molecular weight is 404 g/mol. The predicted molar refractivity (Wildman–Crippen MR) is 107 cm³/mol. The molecule has 0 fully saturated rings. The van der Waals surface area contributed by atoms with E-state index >= 15 is 0 Å². The molecule has 140 valence electrons. The van der Waals surface area contributed by atoms with Crippen LogP contribution in [-0.2, 0) is 10.0 Å². The molecule has 0 aliphatic carbocycles. The first-order chi connectivity index (χ1) is 12.9. The predicted octanol–water partition coefficient (Wildman–Crippen LogP) is 4.83. The van der Waals surface area contributed by atoms with Gasteiger partial charge in [0, 0.05) is 10.6 Å². The maximum absolute atomic E-state index is 12.8. The molecule has 3 rings (SSSR count). The van der Waals surface area contributed by atoms with Crippen molar-refractivity contribution in [2.75, 3.05) is 18.9 Å². The summed E-state index contributed by atoms with van der Waals surface area (Å²) < 4.78 is 38.4. The lowest BCUT2D eigenvalue weighted by molar-refractivity contribution is 0.414. The van der Waals surface area contributed by atoms with E-state index in [0.29, 0.717) is 27.8 Å². The Hall–Kier alpha value is -2.70. The van der Waals surface area contributed by atoms with E-state index in [4.69, 9.17) is 21.1 Å². The third kappa shape index (κ3) is 4.35. The first-order valence-electron chi connectivity index (χ1n) is 8.04. The maximum atomic E-state index is 12.8. The summed E-state index contributed by atoms with van der Waals surface area (Å²) in [6, 6.07) is 18.5. The van der Waals surface area contributed by atoms with Gasteiger partial charge in [-0.2, -0.15) is 0 Å². The minimum Gasteiger partial charge on any atom is -0.497 e. The maximum Gasteiger partial charge on any atom is 0.261 e. The van der Waals surface area contributed by atoms with Crippen LogP contribution >= 0.6 is 11.6 Å². The fourth-order valence-electron chi connectivity index (χ4n) is 2.57. The third-order valence-corrected chi connectivity index (χ3v) is 5.61. The number of sulfonamides is 1. The second kappa shape index (κ2) is 7.90. The number of hydrogen-bond acceptors (Lipinski definition) is 4. The average Bonchev–Trinajstić information content (AvgIpc) is 2.69. The van der Waals surface area contributed by atoms with Crippen LogP contribution < -0.4 is 14.2 Å². The number of halogens is 1. The molecule has 0 amide bonds. The third-order valence-electron chi connectivity index (χ3n) is 4.00. The summed E-state index contributed by atoms with van der Waals surface area (Å²) in [6.45, 7) is 0. The van der Waals surface area contributed by atoms with Gasteiger partial charge in [-0.1, -0.05) is 23.7 Å². The van der Waals surface area contributed by atoms with Crippen LogP contribution in [-0.4, -0.2) is 22.6 Å². The van der Waals surface area contributed by atoms with Crippen molar-refractivity contribution < 1.29 is 17.9 Å². The van der Waals surface area contributed by atoms with Crippen molar-refractivity contribution in [2.24, 2.45) is 0 Å². The number of rotatable bonds is 6. The SMILES string of the molecule is COc1ccc(-c2cc(Cl)ccc2NS(=O)(=O)c2ccc(OC)cc2)cc1. The summed E-state index contributed by atoms with van der Waals surface area (Å²) >= 11 is 6.13. The lowest BCUT2D eigenvalue weighted by Gasteiger charge is -2.14. The van der Waals surface area contributed by atoms with Crippen molar-refractivity contribution in [1.82, 2.24) is 0 Å². The minimum atomic E-state index is -3.77. The molecule has 0 saturated carbocycles. The highest BCUT2D eigenvalue weighted by Gasteiger charge is 2.17. The van der Waals surface area contributed by atoms with Crippen molar-refractivity contribution in [3.63, 3.8) is 0 Å². The van der Waals surface area contributed by atoms with Gasteiger partial charge in [0.15, 0.2) is 0 Å². The van der Waals surface area contributed by atoms with E-state index in [9.17, 15) is 8.42 Å². The molecule has 0 unspecified atom stereocenters.